The smallest absolute Gasteiger partial charge is 0.246 e. The topological polar surface area (TPSA) is 76.9 Å². The molecule has 6 nitrogen and oxygen atoms in total. The van der Waals surface area contributed by atoms with Gasteiger partial charge in [-0.2, -0.15) is 0 Å². The van der Waals surface area contributed by atoms with Crippen LogP contribution in [0.3, 0.4) is 0 Å². The van der Waals surface area contributed by atoms with Crippen molar-refractivity contribution in [1.82, 2.24) is 15.0 Å². The van der Waals surface area contributed by atoms with Crippen molar-refractivity contribution in [2.75, 3.05) is 5.32 Å². The number of carbonyl (C=O) groups is 2. The maximum absolute atomic E-state index is 11.8. The van der Waals surface area contributed by atoms with Gasteiger partial charge in [0.2, 0.25) is 5.91 Å². The molecule has 1 N–H and O–H groups in total. The number of anilines is 1. The van der Waals surface area contributed by atoms with Crippen LogP contribution in [0.4, 0.5) is 5.69 Å². The number of aldehydes is 1. The highest BCUT2D eigenvalue weighted by Gasteiger charge is 2.10. The standard InChI is InChI=1S/C11H7Cl3N4O2/c12-7-1-9(14)10(2-8(7)13)15-11(20)4-18-3-6(5-19)16-17-18/h1-3,5H,4H2,(H,15,20). The molecule has 0 aliphatic rings. The monoisotopic (exact) mass is 332 g/mol. The molecule has 104 valence electrons. The Bertz CT molecular complexity index is 672. The molecular formula is C11H7Cl3N4O2. The van der Waals surface area contributed by atoms with Crippen LogP contribution in [-0.2, 0) is 11.3 Å². The molecule has 1 aromatic carbocycles. The molecule has 1 heterocycles. The third-order valence-corrected chi connectivity index (χ3v) is 3.30. The number of benzene rings is 1. The minimum absolute atomic E-state index is 0.114. The molecule has 0 fully saturated rings. The summed E-state index contributed by atoms with van der Waals surface area (Å²) in [6.45, 7) is -0.114. The zero-order chi connectivity index (χ0) is 14.7. The van der Waals surface area contributed by atoms with Crippen LogP contribution in [0.25, 0.3) is 0 Å². The molecular weight excluding hydrogens is 327 g/mol. The van der Waals surface area contributed by atoms with Gasteiger partial charge in [-0.1, -0.05) is 40.0 Å². The molecule has 9 heteroatoms. The summed E-state index contributed by atoms with van der Waals surface area (Å²) in [7, 11) is 0. The lowest BCUT2D eigenvalue weighted by Gasteiger charge is -2.08. The van der Waals surface area contributed by atoms with Crippen molar-refractivity contribution >= 4 is 52.7 Å². The second kappa shape index (κ2) is 6.21. The summed E-state index contributed by atoms with van der Waals surface area (Å²) in [5.41, 5.74) is 0.479. The molecule has 0 radical (unpaired) electrons. The number of aromatic nitrogens is 3. The van der Waals surface area contributed by atoms with Gasteiger partial charge >= 0.3 is 0 Å². The fourth-order valence-corrected chi connectivity index (χ4v) is 1.99. The molecule has 2 aromatic rings. The van der Waals surface area contributed by atoms with Crippen LogP contribution >= 0.6 is 34.8 Å². The summed E-state index contributed by atoms with van der Waals surface area (Å²) in [5, 5.41) is 10.5. The van der Waals surface area contributed by atoms with E-state index in [0.29, 0.717) is 17.0 Å². The van der Waals surface area contributed by atoms with Gasteiger partial charge in [0.15, 0.2) is 6.29 Å². The lowest BCUT2D eigenvalue weighted by Crippen LogP contribution is -2.19. The van der Waals surface area contributed by atoms with Crippen molar-refractivity contribution in [3.63, 3.8) is 0 Å². The van der Waals surface area contributed by atoms with E-state index in [1.54, 1.807) is 0 Å². The van der Waals surface area contributed by atoms with E-state index in [1.165, 1.54) is 23.0 Å². The van der Waals surface area contributed by atoms with Gasteiger partial charge in [-0.15, -0.1) is 5.10 Å². The summed E-state index contributed by atoms with van der Waals surface area (Å²) in [5.74, 6) is -0.396. The van der Waals surface area contributed by atoms with Crippen molar-refractivity contribution in [1.29, 1.82) is 0 Å². The van der Waals surface area contributed by atoms with E-state index in [0.717, 1.165) is 0 Å². The summed E-state index contributed by atoms with van der Waals surface area (Å²) in [4.78, 5) is 22.3. The minimum Gasteiger partial charge on any atom is -0.323 e. The normalized spacial score (nSPS) is 10.3. The fraction of sp³-hybridized carbons (Fsp3) is 0.0909. The lowest BCUT2D eigenvalue weighted by atomic mass is 10.3. The Morgan fingerprint density at radius 1 is 1.25 bits per heavy atom. The molecule has 0 atom stereocenters. The van der Waals surface area contributed by atoms with Gasteiger partial charge in [0, 0.05) is 0 Å². The van der Waals surface area contributed by atoms with E-state index < -0.39 is 5.91 Å². The first kappa shape index (κ1) is 14.8. The van der Waals surface area contributed by atoms with Crippen molar-refractivity contribution < 1.29 is 9.59 Å². The maximum atomic E-state index is 11.8. The van der Waals surface area contributed by atoms with Crippen LogP contribution < -0.4 is 5.32 Å². The van der Waals surface area contributed by atoms with Crippen molar-refractivity contribution in [3.05, 3.63) is 39.1 Å². The van der Waals surface area contributed by atoms with Gasteiger partial charge in [-0.3, -0.25) is 9.59 Å². The highest BCUT2D eigenvalue weighted by atomic mass is 35.5. The Kier molecular flexibility index (Phi) is 4.59. The number of carbonyl (C=O) groups excluding carboxylic acids is 2. The Morgan fingerprint density at radius 3 is 2.60 bits per heavy atom. The number of amides is 1. The number of nitrogens with one attached hydrogen (secondary N) is 1. The summed E-state index contributed by atoms with van der Waals surface area (Å²) in [6.07, 6.45) is 1.89. The molecule has 1 amide bonds. The van der Waals surface area contributed by atoms with E-state index in [2.05, 4.69) is 15.6 Å². The van der Waals surface area contributed by atoms with Crippen LogP contribution in [0.5, 0.6) is 0 Å². The highest BCUT2D eigenvalue weighted by Crippen LogP contribution is 2.32. The molecule has 2 rings (SSSR count). The predicted octanol–water partition coefficient (Wildman–Crippen LogP) is 2.69. The summed E-state index contributed by atoms with van der Waals surface area (Å²) >= 11 is 17.6. The second-order valence-corrected chi connectivity index (χ2v) is 4.97. The van der Waals surface area contributed by atoms with Gasteiger partial charge < -0.3 is 5.32 Å². The van der Waals surface area contributed by atoms with Crippen LogP contribution in [0.15, 0.2) is 18.3 Å². The predicted molar refractivity (Wildman–Crippen MR) is 75.5 cm³/mol. The molecule has 0 saturated carbocycles. The molecule has 0 unspecified atom stereocenters. The van der Waals surface area contributed by atoms with Gasteiger partial charge in [0.1, 0.15) is 12.2 Å². The SMILES string of the molecule is O=Cc1cn(CC(=O)Nc2cc(Cl)c(Cl)cc2Cl)nn1. The molecule has 0 bridgehead atoms. The average Bonchev–Trinajstić information content (AvgIpc) is 2.83. The first-order valence-corrected chi connectivity index (χ1v) is 6.42. The van der Waals surface area contributed by atoms with Gasteiger partial charge in [-0.05, 0) is 12.1 Å². The van der Waals surface area contributed by atoms with Crippen LogP contribution in [0.2, 0.25) is 15.1 Å². The van der Waals surface area contributed by atoms with Crippen molar-refractivity contribution in [2.45, 2.75) is 6.54 Å². The Labute approximate surface area is 128 Å². The number of nitrogens with zero attached hydrogens (tertiary/aromatic N) is 3. The first-order valence-electron chi connectivity index (χ1n) is 5.29. The molecule has 1 aromatic heterocycles. The number of halogens is 3. The third kappa shape index (κ3) is 3.47. The zero-order valence-corrected chi connectivity index (χ0v) is 12.1. The number of hydrogen-bond acceptors (Lipinski definition) is 4. The fourth-order valence-electron chi connectivity index (χ4n) is 1.40. The third-order valence-electron chi connectivity index (χ3n) is 2.27. The molecule has 0 spiro atoms. The van der Waals surface area contributed by atoms with Crippen molar-refractivity contribution in [3.8, 4) is 0 Å². The van der Waals surface area contributed by atoms with E-state index >= 15 is 0 Å². The average molecular weight is 334 g/mol. The molecule has 20 heavy (non-hydrogen) atoms. The zero-order valence-electron chi connectivity index (χ0n) is 9.81. The van der Waals surface area contributed by atoms with Gasteiger partial charge in [0.25, 0.3) is 0 Å². The number of hydrogen-bond donors (Lipinski definition) is 1. The summed E-state index contributed by atoms with van der Waals surface area (Å²) in [6, 6.07) is 2.88. The van der Waals surface area contributed by atoms with E-state index in [-0.39, 0.29) is 22.3 Å². The Morgan fingerprint density at radius 2 is 1.95 bits per heavy atom. The van der Waals surface area contributed by atoms with Crippen molar-refractivity contribution in [2.24, 2.45) is 0 Å². The first-order chi connectivity index (χ1) is 9.49. The second-order valence-electron chi connectivity index (χ2n) is 3.75. The highest BCUT2D eigenvalue weighted by molar-refractivity contribution is 6.44. The molecule has 0 saturated heterocycles. The van der Waals surface area contributed by atoms with E-state index in [4.69, 9.17) is 34.8 Å². The quantitative estimate of drug-likeness (QED) is 0.689. The molecule has 0 aliphatic heterocycles. The Balaban J connectivity index is 2.08. The van der Waals surface area contributed by atoms with Crippen LogP contribution in [0, 0.1) is 0 Å². The minimum atomic E-state index is -0.396. The number of rotatable bonds is 4. The largest absolute Gasteiger partial charge is 0.323 e. The van der Waals surface area contributed by atoms with Crippen LogP contribution in [-0.4, -0.2) is 27.2 Å². The van der Waals surface area contributed by atoms with Gasteiger partial charge in [0.05, 0.1) is 27.0 Å². The van der Waals surface area contributed by atoms with Crippen LogP contribution in [0.1, 0.15) is 10.5 Å². The molecule has 0 aliphatic carbocycles. The van der Waals surface area contributed by atoms with E-state index in [9.17, 15) is 9.59 Å². The van der Waals surface area contributed by atoms with E-state index in [1.807, 2.05) is 0 Å². The van der Waals surface area contributed by atoms with Gasteiger partial charge in [-0.25, -0.2) is 4.68 Å². The summed E-state index contributed by atoms with van der Waals surface area (Å²) < 4.78 is 1.23. The maximum Gasteiger partial charge on any atom is 0.246 e. The Hall–Kier alpha value is -1.63. The lowest BCUT2D eigenvalue weighted by molar-refractivity contribution is -0.116.